The molecule has 234 valence electrons. The van der Waals surface area contributed by atoms with Crippen LogP contribution in [0.4, 0.5) is 4.79 Å². The highest BCUT2D eigenvalue weighted by Gasteiger charge is 2.36. The van der Waals surface area contributed by atoms with Crippen LogP contribution < -0.4 is 0 Å². The highest BCUT2D eigenvalue weighted by atomic mass is 16.5. The summed E-state index contributed by atoms with van der Waals surface area (Å²) in [5.41, 5.74) is 3.30. The number of para-hydroxylation sites is 2. The summed E-state index contributed by atoms with van der Waals surface area (Å²) in [5.74, 6) is 1.87. The molecule has 0 unspecified atom stereocenters. The first-order chi connectivity index (χ1) is 21.2. The molecule has 4 aromatic rings. The van der Waals surface area contributed by atoms with Gasteiger partial charge in [-0.1, -0.05) is 36.4 Å². The Morgan fingerprint density at radius 3 is 2.57 bits per heavy atom. The highest BCUT2D eigenvalue weighted by Crippen LogP contribution is 2.31. The topological polar surface area (TPSA) is 101 Å². The van der Waals surface area contributed by atoms with Crippen LogP contribution in [0.1, 0.15) is 63.8 Å². The molecule has 2 aromatic heterocycles. The summed E-state index contributed by atoms with van der Waals surface area (Å²) in [6.07, 6.45) is 3.86. The molecular weight excluding hydrogens is 556 g/mol. The second-order valence-corrected chi connectivity index (χ2v) is 12.7. The van der Waals surface area contributed by atoms with Crippen LogP contribution in [0.3, 0.4) is 0 Å². The Bertz CT molecular complexity index is 1540. The predicted molar refractivity (Wildman–Crippen MR) is 171 cm³/mol. The molecule has 1 saturated heterocycles. The quantitative estimate of drug-likeness (QED) is 0.190. The van der Waals surface area contributed by atoms with E-state index in [2.05, 4.69) is 10.6 Å². The van der Waals surface area contributed by atoms with Crippen LogP contribution in [-0.2, 0) is 22.5 Å². The molecule has 9 nitrogen and oxygen atoms in total. The average molecular weight is 601 g/mol. The molecule has 2 atom stereocenters. The molecule has 0 radical (unpaired) electrons. The first-order valence-electron chi connectivity index (χ1n) is 15.5. The van der Waals surface area contributed by atoms with Gasteiger partial charge in [0.1, 0.15) is 11.6 Å². The zero-order valence-electron chi connectivity index (χ0n) is 26.2. The van der Waals surface area contributed by atoms with Crippen LogP contribution in [-0.4, -0.2) is 74.8 Å². The molecule has 1 N–H and O–H groups in total. The van der Waals surface area contributed by atoms with Gasteiger partial charge in [0, 0.05) is 62.8 Å². The Morgan fingerprint density at radius 1 is 1.11 bits per heavy atom. The highest BCUT2D eigenvalue weighted by molar-refractivity contribution is 5.79. The van der Waals surface area contributed by atoms with Gasteiger partial charge in [-0.15, -0.1) is 0 Å². The number of carbonyl (C=O) groups is 2. The number of carbonyl (C=O) groups excluding carboxylic acids is 1. The molecule has 2 amide bonds. The van der Waals surface area contributed by atoms with Gasteiger partial charge in [0.2, 0.25) is 5.91 Å². The van der Waals surface area contributed by atoms with Gasteiger partial charge >= 0.3 is 6.09 Å². The van der Waals surface area contributed by atoms with Gasteiger partial charge in [0.05, 0.1) is 17.3 Å². The Kier molecular flexibility index (Phi) is 9.74. The number of rotatable bonds is 11. The van der Waals surface area contributed by atoms with Crippen molar-refractivity contribution in [3.8, 4) is 11.3 Å². The molecule has 5 rings (SSSR count). The first kappa shape index (κ1) is 31.3. The van der Waals surface area contributed by atoms with E-state index in [-0.39, 0.29) is 18.2 Å². The van der Waals surface area contributed by atoms with Gasteiger partial charge < -0.3 is 23.7 Å². The predicted octanol–water partition coefficient (Wildman–Crippen LogP) is 6.82. The number of furan rings is 1. The van der Waals surface area contributed by atoms with Crippen LogP contribution in [0.2, 0.25) is 0 Å². The minimum atomic E-state index is -1.02. The fraction of sp³-hybridized carbons (Fsp3) is 0.457. The average Bonchev–Trinajstić information content (AvgIpc) is 3.66. The number of hydrogen-bond donors (Lipinski definition) is 1. The van der Waals surface area contributed by atoms with E-state index in [0.717, 1.165) is 59.6 Å². The van der Waals surface area contributed by atoms with Gasteiger partial charge in [-0.3, -0.25) is 9.69 Å². The number of benzene rings is 2. The molecular formula is C35H44N4O5. The third-order valence-electron chi connectivity index (χ3n) is 8.49. The molecule has 0 saturated carbocycles. The van der Waals surface area contributed by atoms with Crippen LogP contribution in [0, 0.1) is 0 Å². The maximum Gasteiger partial charge on any atom is 0.408 e. The Hall–Kier alpha value is -4.11. The van der Waals surface area contributed by atoms with Crippen molar-refractivity contribution in [2.75, 3.05) is 26.8 Å². The molecule has 2 aromatic carbocycles. The lowest BCUT2D eigenvalue weighted by molar-refractivity contribution is -0.134. The zero-order chi connectivity index (χ0) is 31.3. The van der Waals surface area contributed by atoms with E-state index in [1.165, 1.54) is 4.90 Å². The van der Waals surface area contributed by atoms with Crippen molar-refractivity contribution < 1.29 is 23.8 Å². The number of imidazole rings is 1. The Balaban J connectivity index is 1.36. The number of piperidine rings is 1. The number of aromatic nitrogens is 2. The zero-order valence-corrected chi connectivity index (χ0v) is 26.2. The number of aryl methyl sites for hydroxylation is 1. The fourth-order valence-electron chi connectivity index (χ4n) is 6.52. The van der Waals surface area contributed by atoms with E-state index in [4.69, 9.17) is 14.1 Å². The fourth-order valence-corrected chi connectivity index (χ4v) is 6.52. The molecule has 44 heavy (non-hydrogen) atoms. The summed E-state index contributed by atoms with van der Waals surface area (Å²) >= 11 is 0. The summed E-state index contributed by atoms with van der Waals surface area (Å²) in [7, 11) is 1.71. The standard InChI is InChI=1S/C35H44N4O5/c1-35(2,3)39(34(41)42)28(22-25-14-16-26(17-15-25)31-13-8-21-44-31)23-32(40)37-18-7-10-27(24-37)33-36-29-11-5-6-12-30(29)38(33)19-9-20-43-4/h5-6,8,11-17,21,27-28H,7,9-10,18-20,22-24H2,1-4H3,(H,41,42)/t27-,28-/m1/s1. The summed E-state index contributed by atoms with van der Waals surface area (Å²) in [6.45, 7) is 8.33. The van der Waals surface area contributed by atoms with Crippen molar-refractivity contribution in [3.63, 3.8) is 0 Å². The Morgan fingerprint density at radius 2 is 1.89 bits per heavy atom. The van der Waals surface area contributed by atoms with Crippen LogP contribution in [0.25, 0.3) is 22.4 Å². The molecule has 0 bridgehead atoms. The molecule has 1 aliphatic rings. The van der Waals surface area contributed by atoms with E-state index in [0.29, 0.717) is 26.1 Å². The van der Waals surface area contributed by atoms with Gasteiger partial charge in [0.15, 0.2) is 0 Å². The molecule has 0 spiro atoms. The summed E-state index contributed by atoms with van der Waals surface area (Å²) in [5, 5.41) is 10.3. The number of amides is 2. The molecule has 3 heterocycles. The second kappa shape index (κ2) is 13.7. The smallest absolute Gasteiger partial charge is 0.408 e. The number of likely N-dealkylation sites (tertiary alicyclic amines) is 1. The van der Waals surface area contributed by atoms with Gasteiger partial charge in [-0.05, 0) is 76.3 Å². The lowest BCUT2D eigenvalue weighted by Crippen LogP contribution is -2.54. The molecule has 9 heteroatoms. The van der Waals surface area contributed by atoms with Gasteiger partial charge in [-0.2, -0.15) is 0 Å². The van der Waals surface area contributed by atoms with Crippen LogP contribution in [0.15, 0.2) is 71.3 Å². The van der Waals surface area contributed by atoms with E-state index in [1.807, 2.05) is 80.3 Å². The van der Waals surface area contributed by atoms with Crippen LogP contribution >= 0.6 is 0 Å². The SMILES string of the molecule is COCCCn1c([C@@H]2CCCN(C(=O)C[C@@H](Cc3ccc(-c4ccco4)cc3)N(C(=O)O)C(C)(C)C)C2)nc2ccccc21. The summed E-state index contributed by atoms with van der Waals surface area (Å²) in [6, 6.07) is 19.3. The monoisotopic (exact) mass is 600 g/mol. The van der Waals surface area contributed by atoms with Crippen molar-refractivity contribution in [2.45, 2.75) is 76.9 Å². The Labute approximate surface area is 259 Å². The van der Waals surface area contributed by atoms with Crippen molar-refractivity contribution in [3.05, 3.63) is 78.3 Å². The van der Waals surface area contributed by atoms with Crippen molar-refractivity contribution in [1.29, 1.82) is 0 Å². The maximum atomic E-state index is 14.0. The molecule has 1 aliphatic heterocycles. The number of ether oxygens (including phenoxy) is 1. The summed E-state index contributed by atoms with van der Waals surface area (Å²) in [4.78, 5) is 34.9. The van der Waals surface area contributed by atoms with E-state index >= 15 is 0 Å². The number of hydrogen-bond acceptors (Lipinski definition) is 5. The van der Waals surface area contributed by atoms with Gasteiger partial charge in [0.25, 0.3) is 0 Å². The maximum absolute atomic E-state index is 14.0. The number of carboxylic acid groups (broad SMARTS) is 1. The lowest BCUT2D eigenvalue weighted by atomic mass is 9.93. The number of methoxy groups -OCH3 is 1. The first-order valence-corrected chi connectivity index (χ1v) is 15.5. The van der Waals surface area contributed by atoms with E-state index in [1.54, 1.807) is 13.4 Å². The van der Waals surface area contributed by atoms with E-state index in [9.17, 15) is 14.7 Å². The normalized spacial score (nSPS) is 16.3. The van der Waals surface area contributed by atoms with Crippen molar-refractivity contribution in [2.24, 2.45) is 0 Å². The van der Waals surface area contributed by atoms with Crippen molar-refractivity contribution >= 4 is 23.0 Å². The third-order valence-corrected chi connectivity index (χ3v) is 8.49. The minimum Gasteiger partial charge on any atom is -0.465 e. The third kappa shape index (κ3) is 7.16. The van der Waals surface area contributed by atoms with Gasteiger partial charge in [-0.25, -0.2) is 9.78 Å². The second-order valence-electron chi connectivity index (χ2n) is 12.7. The number of nitrogens with zero attached hydrogens (tertiary/aromatic N) is 4. The largest absolute Gasteiger partial charge is 0.465 e. The summed E-state index contributed by atoms with van der Waals surface area (Å²) < 4.78 is 13.1. The van der Waals surface area contributed by atoms with E-state index < -0.39 is 17.7 Å². The molecule has 1 fully saturated rings. The molecule has 0 aliphatic carbocycles. The number of fused-ring (bicyclic) bond motifs is 1. The van der Waals surface area contributed by atoms with Crippen LogP contribution in [0.5, 0.6) is 0 Å². The minimum absolute atomic E-state index is 0.0237. The van der Waals surface area contributed by atoms with Crippen molar-refractivity contribution in [1.82, 2.24) is 19.4 Å². The lowest BCUT2D eigenvalue weighted by Gasteiger charge is -2.41.